The van der Waals surface area contributed by atoms with Crippen molar-refractivity contribution in [3.05, 3.63) is 64.4 Å². The van der Waals surface area contributed by atoms with E-state index in [1.165, 1.54) is 0 Å². The number of hydrogen-bond acceptors (Lipinski definition) is 6. The summed E-state index contributed by atoms with van der Waals surface area (Å²) in [5.74, 6) is 0.998. The molecule has 2 fully saturated rings. The molecule has 6 heteroatoms. The Kier molecular flexibility index (Phi) is 10.4. The number of allylic oxidation sites excluding steroid dienone is 1. The lowest BCUT2D eigenvalue weighted by molar-refractivity contribution is -0.180. The quantitative estimate of drug-likeness (QED) is 0.281. The van der Waals surface area contributed by atoms with E-state index in [4.69, 9.17) is 14.2 Å². The van der Waals surface area contributed by atoms with E-state index in [1.54, 1.807) is 11.3 Å². The Labute approximate surface area is 262 Å². The Hall–Kier alpha value is -2.60. The van der Waals surface area contributed by atoms with Gasteiger partial charge in [-0.05, 0) is 78.7 Å². The van der Waals surface area contributed by atoms with Crippen LogP contribution in [0.2, 0.25) is 0 Å². The second kappa shape index (κ2) is 14.0. The van der Waals surface area contributed by atoms with Gasteiger partial charge < -0.3 is 14.2 Å². The molecule has 5 rings (SSSR count). The third-order valence-electron chi connectivity index (χ3n) is 10.2. The zero-order valence-electron chi connectivity index (χ0n) is 26.7. The maximum Gasteiger partial charge on any atom is 0.348 e. The molecule has 0 radical (unpaired) electrons. The molecule has 2 aromatic rings. The normalized spacial score (nSPS) is 33.0. The number of ether oxygens (including phenoxy) is 3. The fourth-order valence-corrected chi connectivity index (χ4v) is 8.46. The molecule has 43 heavy (non-hydrogen) atoms. The van der Waals surface area contributed by atoms with Crippen molar-refractivity contribution in [2.24, 2.45) is 41.4 Å². The van der Waals surface area contributed by atoms with Gasteiger partial charge >= 0.3 is 11.9 Å². The number of carbonyl (C=O) groups is 2. The third-order valence-corrected chi connectivity index (χ3v) is 11.2. The molecule has 0 saturated heterocycles. The van der Waals surface area contributed by atoms with E-state index in [2.05, 4.69) is 41.5 Å². The average Bonchev–Trinajstić information content (AvgIpc) is 3.52. The number of carbonyl (C=O) groups excluding carboxylic acids is 2. The minimum absolute atomic E-state index is 0.166. The summed E-state index contributed by atoms with van der Waals surface area (Å²) in [4.78, 5) is 29.7. The van der Waals surface area contributed by atoms with Gasteiger partial charge in [0.1, 0.15) is 23.9 Å². The summed E-state index contributed by atoms with van der Waals surface area (Å²) >= 11 is 1.59. The summed E-state index contributed by atoms with van der Waals surface area (Å²) in [6, 6.07) is 13.9. The lowest BCUT2D eigenvalue weighted by Gasteiger charge is -2.41. The van der Waals surface area contributed by atoms with Gasteiger partial charge in [-0.2, -0.15) is 0 Å². The molecule has 5 nitrogen and oxygen atoms in total. The number of benzene rings is 1. The van der Waals surface area contributed by atoms with Crippen LogP contribution in [0.1, 0.15) is 96.4 Å². The van der Waals surface area contributed by atoms with Gasteiger partial charge in [0, 0.05) is 16.4 Å². The zero-order valence-corrected chi connectivity index (χ0v) is 27.6. The predicted molar refractivity (Wildman–Crippen MR) is 172 cm³/mol. The molecule has 1 aromatic heterocycles. The number of rotatable bonds is 8. The first kappa shape index (κ1) is 31.8. The summed E-state index contributed by atoms with van der Waals surface area (Å²) in [6.07, 6.45) is 6.63. The van der Waals surface area contributed by atoms with Crippen LogP contribution in [0.4, 0.5) is 0 Å². The molecule has 0 unspecified atom stereocenters. The molecule has 0 amide bonds. The lowest BCUT2D eigenvalue weighted by atomic mass is 9.75. The SMILES string of the molecule is CC(C)[C@@H]1CC[C@@H](C)C[C@H]1OC(=O)[C@H]1[C@@H](C(=O)O[C@@H]2C[C@H](C)CC[C@H]2C(C)C)OC(c2ccccc2)=C[C@H]1c1cccs1. The summed E-state index contributed by atoms with van der Waals surface area (Å²) in [5, 5.41) is 2.02. The van der Waals surface area contributed by atoms with Crippen molar-refractivity contribution in [3.8, 4) is 0 Å². The largest absolute Gasteiger partial charge is 0.477 e. The molecule has 1 aromatic carbocycles. The highest BCUT2D eigenvalue weighted by atomic mass is 32.1. The second-order valence-electron chi connectivity index (χ2n) is 14.1. The van der Waals surface area contributed by atoms with Gasteiger partial charge in [0.2, 0.25) is 6.10 Å². The topological polar surface area (TPSA) is 61.8 Å². The molecule has 1 aliphatic heterocycles. The van der Waals surface area contributed by atoms with Crippen LogP contribution in [0.5, 0.6) is 0 Å². The molecule has 2 heterocycles. The fourth-order valence-electron chi connectivity index (χ4n) is 7.62. The highest BCUT2D eigenvalue weighted by Gasteiger charge is 2.49. The van der Waals surface area contributed by atoms with E-state index >= 15 is 0 Å². The smallest absolute Gasteiger partial charge is 0.348 e. The Balaban J connectivity index is 1.51. The van der Waals surface area contributed by atoms with Crippen LogP contribution >= 0.6 is 11.3 Å². The van der Waals surface area contributed by atoms with Crippen LogP contribution in [-0.2, 0) is 23.8 Å². The van der Waals surface area contributed by atoms with Crippen molar-refractivity contribution in [2.45, 2.75) is 104 Å². The Morgan fingerprint density at radius 2 is 1.37 bits per heavy atom. The van der Waals surface area contributed by atoms with Crippen molar-refractivity contribution in [1.82, 2.24) is 0 Å². The first-order valence-corrected chi connectivity index (χ1v) is 17.4. The van der Waals surface area contributed by atoms with E-state index in [9.17, 15) is 9.59 Å². The molecular formula is C37H50O5S. The maximum absolute atomic E-state index is 14.4. The maximum atomic E-state index is 14.4. The first-order chi connectivity index (χ1) is 20.6. The van der Waals surface area contributed by atoms with Crippen molar-refractivity contribution >= 4 is 29.0 Å². The minimum Gasteiger partial charge on any atom is -0.477 e. The van der Waals surface area contributed by atoms with Crippen LogP contribution in [0.15, 0.2) is 53.9 Å². The highest BCUT2D eigenvalue weighted by molar-refractivity contribution is 7.10. The van der Waals surface area contributed by atoms with E-state index in [1.807, 2.05) is 53.9 Å². The van der Waals surface area contributed by atoms with Crippen LogP contribution in [0, 0.1) is 41.4 Å². The van der Waals surface area contributed by atoms with Gasteiger partial charge in [0.25, 0.3) is 0 Å². The molecule has 0 bridgehead atoms. The zero-order chi connectivity index (χ0) is 30.7. The summed E-state index contributed by atoms with van der Waals surface area (Å²) in [5.41, 5.74) is 0.876. The summed E-state index contributed by atoms with van der Waals surface area (Å²) < 4.78 is 19.4. The molecule has 0 N–H and O–H groups in total. The first-order valence-electron chi connectivity index (χ1n) is 16.5. The van der Waals surface area contributed by atoms with E-state index in [-0.39, 0.29) is 24.1 Å². The van der Waals surface area contributed by atoms with Gasteiger partial charge in [0.05, 0.1) is 0 Å². The molecule has 3 aliphatic rings. The van der Waals surface area contributed by atoms with Gasteiger partial charge in [0.15, 0.2) is 0 Å². The second-order valence-corrected chi connectivity index (χ2v) is 15.1. The van der Waals surface area contributed by atoms with Crippen molar-refractivity contribution in [2.75, 3.05) is 0 Å². The fraction of sp³-hybridized carbons (Fsp3) is 0.622. The Bertz CT molecular complexity index is 1230. The molecule has 0 spiro atoms. The van der Waals surface area contributed by atoms with Gasteiger partial charge in [-0.3, -0.25) is 4.79 Å². The van der Waals surface area contributed by atoms with Crippen molar-refractivity contribution < 1.29 is 23.8 Å². The summed E-state index contributed by atoms with van der Waals surface area (Å²) in [6.45, 7) is 13.3. The molecule has 234 valence electrons. The standard InChI is InChI=1S/C37H50O5S/c1-22(2)27-16-14-24(5)19-31(27)41-36(38)34-29(33-13-10-18-43-33)21-30(26-11-8-7-9-12-26)40-35(34)37(39)42-32-20-25(6)15-17-28(32)23(3)4/h7-13,18,21-25,27-29,31-32,34-35H,14-17,19-20H2,1-6H3/t24-,25-,27+,28+,29+,31-,32-,34-,35+/m1/s1. The van der Waals surface area contributed by atoms with Crippen molar-refractivity contribution in [3.63, 3.8) is 0 Å². The minimum atomic E-state index is -1.09. The highest BCUT2D eigenvalue weighted by Crippen LogP contribution is 2.44. The van der Waals surface area contributed by atoms with Crippen LogP contribution in [-0.4, -0.2) is 30.3 Å². The van der Waals surface area contributed by atoms with Crippen LogP contribution in [0.3, 0.4) is 0 Å². The van der Waals surface area contributed by atoms with Gasteiger partial charge in [-0.25, -0.2) is 4.79 Å². The average molecular weight is 607 g/mol. The molecule has 2 aliphatic carbocycles. The van der Waals surface area contributed by atoms with Gasteiger partial charge in [-0.1, -0.05) is 90.8 Å². The van der Waals surface area contributed by atoms with Crippen molar-refractivity contribution in [1.29, 1.82) is 0 Å². The van der Waals surface area contributed by atoms with Crippen LogP contribution < -0.4 is 0 Å². The van der Waals surface area contributed by atoms with E-state index in [0.29, 0.717) is 41.3 Å². The lowest BCUT2D eigenvalue weighted by Crippen LogP contribution is -2.48. The molecule has 9 atom stereocenters. The number of hydrogen-bond donors (Lipinski definition) is 0. The van der Waals surface area contributed by atoms with Crippen LogP contribution in [0.25, 0.3) is 5.76 Å². The van der Waals surface area contributed by atoms with E-state index < -0.39 is 18.0 Å². The molecular weight excluding hydrogens is 556 g/mol. The third kappa shape index (κ3) is 7.38. The molecule has 2 saturated carbocycles. The monoisotopic (exact) mass is 606 g/mol. The van der Waals surface area contributed by atoms with E-state index in [0.717, 1.165) is 49.0 Å². The summed E-state index contributed by atoms with van der Waals surface area (Å²) in [7, 11) is 0. The Morgan fingerprint density at radius 1 is 0.791 bits per heavy atom. The predicted octanol–water partition coefficient (Wildman–Crippen LogP) is 8.90. The van der Waals surface area contributed by atoms with Gasteiger partial charge in [-0.15, -0.1) is 11.3 Å². The number of esters is 2. The Morgan fingerprint density at radius 3 is 1.91 bits per heavy atom. The number of thiophene rings is 1.